The average molecular weight is 363 g/mol. The summed E-state index contributed by atoms with van der Waals surface area (Å²) >= 11 is 3.56. The summed E-state index contributed by atoms with van der Waals surface area (Å²) in [6, 6.07) is 2.13. The van der Waals surface area contributed by atoms with E-state index in [1.165, 1.54) is 25.9 Å². The smallest absolute Gasteiger partial charge is 0.124 e. The Morgan fingerprint density at radius 2 is 2.09 bits per heavy atom. The second-order valence-electron chi connectivity index (χ2n) is 6.91. The number of halogens is 1. The van der Waals surface area contributed by atoms with E-state index in [0.29, 0.717) is 17.6 Å². The van der Waals surface area contributed by atoms with Gasteiger partial charge < -0.3 is 10.0 Å². The monoisotopic (exact) mass is 362 g/mol. The lowest BCUT2D eigenvalue weighted by molar-refractivity contribution is 0.0860. The van der Waals surface area contributed by atoms with E-state index < -0.39 is 0 Å². The Balaban J connectivity index is 1.68. The van der Waals surface area contributed by atoms with Gasteiger partial charge in [0, 0.05) is 51.7 Å². The zero-order chi connectivity index (χ0) is 14.8. The van der Waals surface area contributed by atoms with Crippen molar-refractivity contribution in [3.8, 4) is 5.75 Å². The number of phenols is 1. The van der Waals surface area contributed by atoms with Crippen LogP contribution in [0.2, 0.25) is 0 Å². The molecule has 0 saturated carbocycles. The molecule has 1 aromatic carbocycles. The summed E-state index contributed by atoms with van der Waals surface area (Å²) in [7, 11) is 0. The molecule has 0 aliphatic carbocycles. The number of rotatable bonds is 1. The first kappa shape index (κ1) is 13.3. The summed E-state index contributed by atoms with van der Waals surface area (Å²) in [5.41, 5.74) is 4.23. The number of aromatic hydroxyl groups is 1. The first-order valence-electron chi connectivity index (χ1n) is 8.05. The molecule has 6 rings (SSSR count). The van der Waals surface area contributed by atoms with Gasteiger partial charge in [-0.05, 0) is 37.9 Å². The Morgan fingerprint density at radius 3 is 2.82 bits per heavy atom. The first-order chi connectivity index (χ1) is 10.7. The van der Waals surface area contributed by atoms with E-state index in [0.717, 1.165) is 47.4 Å². The summed E-state index contributed by atoms with van der Waals surface area (Å²) in [5, 5.41) is 19.7. The van der Waals surface area contributed by atoms with E-state index >= 15 is 0 Å². The van der Waals surface area contributed by atoms with Crippen LogP contribution in [-0.4, -0.2) is 43.8 Å². The van der Waals surface area contributed by atoms with Crippen molar-refractivity contribution < 1.29 is 5.11 Å². The van der Waals surface area contributed by atoms with Gasteiger partial charge in [0.25, 0.3) is 0 Å². The van der Waals surface area contributed by atoms with Crippen molar-refractivity contribution in [2.24, 2.45) is 5.92 Å². The fraction of sp³-hybridized carbons (Fsp3) is 0.562. The lowest BCUT2D eigenvalue weighted by Crippen LogP contribution is -2.46. The molecule has 3 saturated heterocycles. The van der Waals surface area contributed by atoms with Gasteiger partial charge in [-0.25, -0.2) is 3.93 Å². The van der Waals surface area contributed by atoms with Crippen molar-refractivity contribution in [2.75, 3.05) is 19.6 Å². The van der Waals surface area contributed by atoms with Crippen LogP contribution < -0.4 is 0 Å². The molecular weight excluding hydrogens is 344 g/mol. The number of phenolic OH excluding ortho intramolecular Hbond substituents is 1. The summed E-state index contributed by atoms with van der Waals surface area (Å²) in [6.07, 6.45) is 2.52. The van der Waals surface area contributed by atoms with E-state index in [4.69, 9.17) is 0 Å². The van der Waals surface area contributed by atoms with E-state index in [2.05, 4.69) is 37.3 Å². The lowest BCUT2D eigenvalue weighted by atomic mass is 9.74. The van der Waals surface area contributed by atoms with Gasteiger partial charge in [-0.1, -0.05) is 0 Å². The van der Waals surface area contributed by atoms with E-state index in [9.17, 15) is 5.11 Å². The molecule has 2 aromatic rings. The predicted octanol–water partition coefficient (Wildman–Crippen LogP) is 2.70. The maximum atomic E-state index is 11.0. The molecular formula is C16H19BrN4O. The van der Waals surface area contributed by atoms with Crippen molar-refractivity contribution in [3.63, 3.8) is 0 Å². The van der Waals surface area contributed by atoms with Crippen molar-refractivity contribution in [2.45, 2.75) is 31.8 Å². The second kappa shape index (κ2) is 4.69. The van der Waals surface area contributed by atoms with Crippen LogP contribution in [0.1, 0.15) is 35.6 Å². The number of fused-ring (bicyclic) bond motifs is 3. The molecule has 0 amide bonds. The van der Waals surface area contributed by atoms with Crippen molar-refractivity contribution in [1.29, 1.82) is 0 Å². The topological polar surface area (TPSA) is 55.4 Å². The van der Waals surface area contributed by atoms with E-state index in [-0.39, 0.29) is 0 Å². The fourth-order valence-corrected chi connectivity index (χ4v) is 5.11. The third-order valence-electron chi connectivity index (χ3n) is 5.74. The Hall–Kier alpha value is -1.11. The third-order valence-corrected chi connectivity index (χ3v) is 6.24. The van der Waals surface area contributed by atoms with Crippen molar-refractivity contribution in [3.05, 3.63) is 22.9 Å². The number of aromatic nitrogens is 2. The zero-order valence-corrected chi connectivity index (χ0v) is 13.9. The van der Waals surface area contributed by atoms with Gasteiger partial charge in [0.15, 0.2) is 0 Å². The molecule has 5 nitrogen and oxygen atoms in total. The Morgan fingerprint density at radius 1 is 1.27 bits per heavy atom. The molecule has 4 aliphatic heterocycles. The fourth-order valence-electron chi connectivity index (χ4n) is 4.61. The largest absolute Gasteiger partial charge is 0.507 e. The van der Waals surface area contributed by atoms with Crippen LogP contribution in [-0.2, 0) is 13.1 Å². The van der Waals surface area contributed by atoms with Gasteiger partial charge in [0.2, 0.25) is 0 Å². The second-order valence-corrected chi connectivity index (χ2v) is 7.92. The van der Waals surface area contributed by atoms with E-state index in [1.54, 1.807) is 0 Å². The Kier molecular flexibility index (Phi) is 2.85. The van der Waals surface area contributed by atoms with Crippen LogP contribution in [0.25, 0.3) is 10.9 Å². The van der Waals surface area contributed by atoms with Crippen LogP contribution in [0.15, 0.2) is 6.07 Å². The highest BCUT2D eigenvalue weighted by molar-refractivity contribution is 9.07. The minimum atomic E-state index is 0.453. The average Bonchev–Trinajstić information content (AvgIpc) is 2.95. The molecule has 1 atom stereocenters. The number of benzene rings is 1. The lowest BCUT2D eigenvalue weighted by Gasteiger charge is -2.45. The molecule has 22 heavy (non-hydrogen) atoms. The molecule has 5 heterocycles. The van der Waals surface area contributed by atoms with Gasteiger partial charge in [-0.15, -0.1) is 0 Å². The van der Waals surface area contributed by atoms with Crippen LogP contribution >= 0.6 is 16.1 Å². The number of nitrogens with one attached hydrogen (secondary N) is 1. The van der Waals surface area contributed by atoms with Gasteiger partial charge in [-0.3, -0.25) is 5.10 Å². The number of aromatic amines is 1. The quantitative estimate of drug-likeness (QED) is 0.765. The van der Waals surface area contributed by atoms with Gasteiger partial charge in [0.05, 0.1) is 17.8 Å². The Bertz CT molecular complexity index is 750. The summed E-state index contributed by atoms with van der Waals surface area (Å²) in [4.78, 5) is 2.53. The van der Waals surface area contributed by atoms with Crippen LogP contribution in [0, 0.1) is 5.92 Å². The molecule has 1 aromatic heterocycles. The van der Waals surface area contributed by atoms with Gasteiger partial charge >= 0.3 is 0 Å². The van der Waals surface area contributed by atoms with E-state index in [1.807, 2.05) is 3.93 Å². The number of nitrogens with zero attached hydrogens (tertiary/aromatic N) is 3. The minimum absolute atomic E-state index is 0.453. The molecule has 0 spiro atoms. The molecule has 0 radical (unpaired) electrons. The minimum Gasteiger partial charge on any atom is -0.507 e. The standard InChI is InChI=1S/C16H19BrN4O/c17-21-7-12-15-13(18-19-14(15)8-21)5-10(16(12)22)11-6-20-3-1-9(11)2-4-20/h5,9,11,22H,1-4,6-8H2,(H,18,19). The van der Waals surface area contributed by atoms with Crippen molar-refractivity contribution >= 4 is 27.1 Å². The van der Waals surface area contributed by atoms with Crippen LogP contribution in [0.4, 0.5) is 0 Å². The van der Waals surface area contributed by atoms with Crippen LogP contribution in [0.3, 0.4) is 0 Å². The molecule has 6 heteroatoms. The third kappa shape index (κ3) is 1.80. The highest BCUT2D eigenvalue weighted by atomic mass is 79.9. The molecule has 2 N–H and O–H groups in total. The number of hydrogen-bond donors (Lipinski definition) is 2. The normalized spacial score (nSPS) is 31.0. The molecule has 3 fully saturated rings. The summed E-state index contributed by atoms with van der Waals surface area (Å²) in [6.45, 7) is 5.04. The highest BCUT2D eigenvalue weighted by Crippen LogP contribution is 2.46. The Labute approximate surface area is 137 Å². The molecule has 1 unspecified atom stereocenters. The maximum Gasteiger partial charge on any atom is 0.124 e. The van der Waals surface area contributed by atoms with Gasteiger partial charge in [-0.2, -0.15) is 5.10 Å². The summed E-state index contributed by atoms with van der Waals surface area (Å²) in [5.74, 6) is 1.66. The maximum absolute atomic E-state index is 11.0. The summed E-state index contributed by atoms with van der Waals surface area (Å²) < 4.78 is 2.04. The first-order valence-corrected chi connectivity index (χ1v) is 8.76. The molecule has 116 valence electrons. The number of piperidine rings is 3. The predicted molar refractivity (Wildman–Crippen MR) is 87.8 cm³/mol. The molecule has 2 bridgehead atoms. The number of H-pyrrole nitrogens is 1. The molecule has 4 aliphatic rings. The highest BCUT2D eigenvalue weighted by Gasteiger charge is 2.37. The van der Waals surface area contributed by atoms with Gasteiger partial charge in [0.1, 0.15) is 5.75 Å². The van der Waals surface area contributed by atoms with Crippen molar-refractivity contribution in [1.82, 2.24) is 19.0 Å². The number of hydrogen-bond acceptors (Lipinski definition) is 4. The SMILES string of the molecule is Oc1c(C2CN3CCC2CC3)cc2n[nH]c3c2c1CN(Br)C3. The zero-order valence-electron chi connectivity index (χ0n) is 12.3. The van der Waals surface area contributed by atoms with Crippen LogP contribution in [0.5, 0.6) is 5.75 Å².